The van der Waals surface area contributed by atoms with E-state index in [9.17, 15) is 14.4 Å². The number of carbonyl (C=O) groups is 3. The van der Waals surface area contributed by atoms with Gasteiger partial charge in [0.25, 0.3) is 0 Å². The number of imide groups is 2. The summed E-state index contributed by atoms with van der Waals surface area (Å²) < 4.78 is 5.22. The topological polar surface area (TPSA) is 75.7 Å². The van der Waals surface area contributed by atoms with Crippen LogP contribution < -0.4 is 5.32 Å². The van der Waals surface area contributed by atoms with Crippen molar-refractivity contribution in [3.63, 3.8) is 0 Å². The number of nitrogens with one attached hydrogen (secondary N) is 1. The third-order valence-electron chi connectivity index (χ3n) is 3.21. The highest BCUT2D eigenvalue weighted by Crippen LogP contribution is 2.24. The molecule has 1 unspecified atom stereocenters. The second-order valence-electron chi connectivity index (χ2n) is 4.12. The van der Waals surface area contributed by atoms with Gasteiger partial charge < -0.3 is 4.74 Å². The molecular formula is C10H14N2O4. The van der Waals surface area contributed by atoms with Gasteiger partial charge in [0.15, 0.2) is 0 Å². The second kappa shape index (κ2) is 4.21. The summed E-state index contributed by atoms with van der Waals surface area (Å²) in [5.74, 6) is -1.36. The Morgan fingerprint density at radius 2 is 1.94 bits per heavy atom. The van der Waals surface area contributed by atoms with Crippen molar-refractivity contribution < 1.29 is 19.1 Å². The zero-order valence-electron chi connectivity index (χ0n) is 9.06. The van der Waals surface area contributed by atoms with Gasteiger partial charge in [0.2, 0.25) is 0 Å². The minimum absolute atomic E-state index is 0.217. The first-order valence-electron chi connectivity index (χ1n) is 5.37. The molecule has 0 aromatic carbocycles. The van der Waals surface area contributed by atoms with Crippen molar-refractivity contribution in [2.75, 3.05) is 13.2 Å². The fraction of sp³-hybridized carbons (Fsp3) is 0.700. The summed E-state index contributed by atoms with van der Waals surface area (Å²) in [6, 6.07) is -0.850. The molecule has 0 aliphatic carbocycles. The molecule has 4 amide bonds. The average molecular weight is 226 g/mol. The van der Waals surface area contributed by atoms with E-state index in [-0.39, 0.29) is 12.0 Å². The van der Waals surface area contributed by atoms with Crippen molar-refractivity contribution in [2.24, 2.45) is 5.92 Å². The van der Waals surface area contributed by atoms with Gasteiger partial charge in [-0.15, -0.1) is 0 Å². The number of carbonyl (C=O) groups excluding carboxylic acids is 3. The van der Waals surface area contributed by atoms with E-state index in [4.69, 9.17) is 4.74 Å². The fourth-order valence-corrected chi connectivity index (χ4v) is 2.19. The van der Waals surface area contributed by atoms with E-state index >= 15 is 0 Å². The molecule has 2 aliphatic heterocycles. The van der Waals surface area contributed by atoms with Crippen molar-refractivity contribution in [1.82, 2.24) is 10.2 Å². The summed E-state index contributed by atoms with van der Waals surface area (Å²) in [7, 11) is 0. The van der Waals surface area contributed by atoms with E-state index in [1.165, 1.54) is 0 Å². The van der Waals surface area contributed by atoms with Crippen LogP contribution in [0.3, 0.4) is 0 Å². The normalized spacial score (nSPS) is 24.8. The number of hydrogen-bond donors (Lipinski definition) is 1. The minimum atomic E-state index is -0.830. The van der Waals surface area contributed by atoms with Gasteiger partial charge in [-0.25, -0.2) is 4.79 Å². The molecule has 0 aromatic rings. The Morgan fingerprint density at radius 1 is 1.31 bits per heavy atom. The van der Waals surface area contributed by atoms with Gasteiger partial charge in [0.1, 0.15) is 0 Å². The lowest BCUT2D eigenvalue weighted by molar-refractivity contribution is -0.141. The summed E-state index contributed by atoms with van der Waals surface area (Å²) in [6.45, 7) is 3.09. The SMILES string of the molecule is CC(C1CCOCC1)N1C(=O)NC(=O)C1=O. The van der Waals surface area contributed by atoms with E-state index in [2.05, 4.69) is 0 Å². The molecule has 2 heterocycles. The first kappa shape index (κ1) is 11.1. The molecule has 16 heavy (non-hydrogen) atoms. The maximum absolute atomic E-state index is 11.5. The Morgan fingerprint density at radius 3 is 2.44 bits per heavy atom. The average Bonchev–Trinajstić information content (AvgIpc) is 2.54. The van der Waals surface area contributed by atoms with Crippen molar-refractivity contribution in [1.29, 1.82) is 0 Å². The highest BCUT2D eigenvalue weighted by atomic mass is 16.5. The molecule has 2 fully saturated rings. The number of nitrogens with zero attached hydrogens (tertiary/aromatic N) is 1. The van der Waals surface area contributed by atoms with Crippen molar-refractivity contribution in [3.8, 4) is 0 Å². The molecular weight excluding hydrogens is 212 g/mol. The Kier molecular flexibility index (Phi) is 2.91. The molecule has 1 atom stereocenters. The predicted octanol–water partition coefficient (Wildman–Crippen LogP) is -0.120. The number of amides is 4. The lowest BCUT2D eigenvalue weighted by Gasteiger charge is -2.31. The van der Waals surface area contributed by atoms with Gasteiger partial charge in [-0.05, 0) is 25.7 Å². The molecule has 2 rings (SSSR count). The Labute approximate surface area is 92.9 Å². The van der Waals surface area contributed by atoms with Crippen LogP contribution in [0.2, 0.25) is 0 Å². The van der Waals surface area contributed by atoms with Crippen molar-refractivity contribution in [3.05, 3.63) is 0 Å². The van der Waals surface area contributed by atoms with E-state index in [0.29, 0.717) is 13.2 Å². The van der Waals surface area contributed by atoms with Crippen LogP contribution in [-0.4, -0.2) is 42.0 Å². The van der Waals surface area contributed by atoms with Crippen LogP contribution >= 0.6 is 0 Å². The Balaban J connectivity index is 2.08. The standard InChI is InChI=1S/C10H14N2O4/c1-6(7-2-4-16-5-3-7)12-9(14)8(13)11-10(12)15/h6-7H,2-5H2,1H3,(H,11,13,15). The maximum atomic E-state index is 11.5. The molecule has 0 bridgehead atoms. The van der Waals surface area contributed by atoms with Crippen LogP contribution in [0.1, 0.15) is 19.8 Å². The molecule has 1 N–H and O–H groups in total. The summed E-state index contributed by atoms with van der Waals surface area (Å²) in [5, 5.41) is 2.00. The quantitative estimate of drug-likeness (QED) is 0.526. The molecule has 0 saturated carbocycles. The largest absolute Gasteiger partial charge is 0.381 e. The third-order valence-corrected chi connectivity index (χ3v) is 3.21. The summed E-state index contributed by atoms with van der Waals surface area (Å²) >= 11 is 0. The summed E-state index contributed by atoms with van der Waals surface area (Å²) in [6.07, 6.45) is 1.62. The van der Waals surface area contributed by atoms with Crippen LogP contribution in [0, 0.1) is 5.92 Å². The lowest BCUT2D eigenvalue weighted by Crippen LogP contribution is -2.44. The predicted molar refractivity (Wildman–Crippen MR) is 53.4 cm³/mol. The Bertz CT molecular complexity index is 336. The van der Waals surface area contributed by atoms with Gasteiger partial charge in [0, 0.05) is 19.3 Å². The van der Waals surface area contributed by atoms with Gasteiger partial charge >= 0.3 is 17.8 Å². The number of rotatable bonds is 2. The molecule has 0 radical (unpaired) electrons. The fourth-order valence-electron chi connectivity index (χ4n) is 2.19. The molecule has 88 valence electrons. The molecule has 0 spiro atoms. The molecule has 6 nitrogen and oxygen atoms in total. The third kappa shape index (κ3) is 1.80. The summed E-state index contributed by atoms with van der Waals surface area (Å²) in [4.78, 5) is 34.9. The molecule has 0 aromatic heterocycles. The maximum Gasteiger partial charge on any atom is 0.331 e. The zero-order valence-corrected chi connectivity index (χ0v) is 9.06. The minimum Gasteiger partial charge on any atom is -0.381 e. The molecule has 2 aliphatic rings. The van der Waals surface area contributed by atoms with Crippen LogP contribution in [-0.2, 0) is 14.3 Å². The van der Waals surface area contributed by atoms with E-state index in [1.54, 1.807) is 6.92 Å². The number of ether oxygens (including phenoxy) is 1. The van der Waals surface area contributed by atoms with Crippen LogP contribution in [0.4, 0.5) is 4.79 Å². The van der Waals surface area contributed by atoms with E-state index < -0.39 is 17.8 Å². The van der Waals surface area contributed by atoms with Crippen LogP contribution in [0.25, 0.3) is 0 Å². The van der Waals surface area contributed by atoms with E-state index in [1.807, 2.05) is 5.32 Å². The zero-order chi connectivity index (χ0) is 11.7. The van der Waals surface area contributed by atoms with Gasteiger partial charge in [0.05, 0.1) is 0 Å². The summed E-state index contributed by atoms with van der Waals surface area (Å²) in [5.41, 5.74) is 0. The monoisotopic (exact) mass is 226 g/mol. The first-order chi connectivity index (χ1) is 7.61. The molecule has 6 heteroatoms. The highest BCUT2D eigenvalue weighted by molar-refractivity contribution is 6.44. The van der Waals surface area contributed by atoms with Crippen molar-refractivity contribution in [2.45, 2.75) is 25.8 Å². The first-order valence-corrected chi connectivity index (χ1v) is 5.37. The van der Waals surface area contributed by atoms with Crippen LogP contribution in [0.5, 0.6) is 0 Å². The van der Waals surface area contributed by atoms with E-state index in [0.717, 1.165) is 17.7 Å². The Hall–Kier alpha value is -1.43. The highest BCUT2D eigenvalue weighted by Gasteiger charge is 2.42. The van der Waals surface area contributed by atoms with Crippen molar-refractivity contribution >= 4 is 17.8 Å². The van der Waals surface area contributed by atoms with Gasteiger partial charge in [-0.2, -0.15) is 0 Å². The lowest BCUT2D eigenvalue weighted by atomic mass is 9.92. The second-order valence-corrected chi connectivity index (χ2v) is 4.12. The molecule has 2 saturated heterocycles. The van der Waals surface area contributed by atoms with Crippen LogP contribution in [0.15, 0.2) is 0 Å². The smallest absolute Gasteiger partial charge is 0.331 e. The van der Waals surface area contributed by atoms with Gasteiger partial charge in [-0.3, -0.25) is 19.8 Å². The number of urea groups is 1. The van der Waals surface area contributed by atoms with Gasteiger partial charge in [-0.1, -0.05) is 0 Å². The number of hydrogen-bond acceptors (Lipinski definition) is 4.